The summed E-state index contributed by atoms with van der Waals surface area (Å²) in [4.78, 5) is 46.0. The van der Waals surface area contributed by atoms with Crippen LogP contribution < -0.4 is 10.1 Å². The molecule has 3 heterocycles. The number of fused-ring (bicyclic) bond motifs is 14. The Labute approximate surface area is 354 Å². The molecule has 0 aliphatic carbocycles. The van der Waals surface area contributed by atoms with Crippen LogP contribution in [0.1, 0.15) is 75.5 Å². The fourth-order valence-electron chi connectivity index (χ4n) is 7.82. The molecule has 0 aromatic heterocycles. The molecule has 0 saturated heterocycles. The molecule has 0 unspecified atom stereocenters. The Bertz CT molecular complexity index is 2250. The number of aromatic hydroxyl groups is 3. The maximum Gasteiger partial charge on any atom is 0.312 e. The highest BCUT2D eigenvalue weighted by atomic mass is 16.7. The van der Waals surface area contributed by atoms with Crippen molar-refractivity contribution in [3.05, 3.63) is 88.7 Å². The van der Waals surface area contributed by atoms with Gasteiger partial charge in [-0.3, -0.25) is 14.4 Å². The number of carbonyl (C=O) groups excluding carboxylic acids is 3. The molecular weight excluding hydrogens is 789 g/mol. The van der Waals surface area contributed by atoms with E-state index in [1.807, 2.05) is 30.3 Å². The molecule has 0 radical (unpaired) electrons. The van der Waals surface area contributed by atoms with Crippen molar-refractivity contribution in [1.29, 1.82) is 0 Å². The number of anilines is 1. The predicted octanol–water partition coefficient (Wildman–Crippen LogP) is 6.35. The fraction of sp³-hybridized carbons (Fsp3) is 0.435. The Morgan fingerprint density at radius 3 is 2.28 bits per heavy atom. The number of aliphatic hydroxyl groups is 2. The van der Waals surface area contributed by atoms with Gasteiger partial charge in [0.05, 0.1) is 53.0 Å². The largest absolute Gasteiger partial charge is 0.507 e. The molecule has 3 aromatic rings. The van der Waals surface area contributed by atoms with E-state index < -0.39 is 88.8 Å². The lowest BCUT2D eigenvalue weighted by Crippen LogP contribution is -2.46. The second-order valence-electron chi connectivity index (χ2n) is 15.9. The van der Waals surface area contributed by atoms with Crippen LogP contribution in [-0.4, -0.2) is 93.3 Å². The molecule has 15 nitrogen and oxygen atoms in total. The molecule has 328 valence electrons. The normalized spacial score (nSPS) is 28.9. The number of carbonyl (C=O) groups is 3. The predicted molar refractivity (Wildman–Crippen MR) is 228 cm³/mol. The van der Waals surface area contributed by atoms with Gasteiger partial charge in [-0.05, 0) is 25.5 Å². The number of esters is 1. The van der Waals surface area contributed by atoms with Crippen LogP contribution in [0.15, 0.2) is 71.6 Å². The van der Waals surface area contributed by atoms with Gasteiger partial charge in [0.15, 0.2) is 5.75 Å². The first-order valence-electron chi connectivity index (χ1n) is 20.1. The van der Waals surface area contributed by atoms with Gasteiger partial charge >= 0.3 is 11.8 Å². The topological polar surface area (TPSA) is 223 Å². The lowest BCUT2D eigenvalue weighted by atomic mass is 9.78. The third-order valence-electron chi connectivity index (χ3n) is 11.6. The highest BCUT2D eigenvalue weighted by molar-refractivity contribution is 6.23. The van der Waals surface area contributed by atoms with E-state index in [-0.39, 0.29) is 51.1 Å². The molecular formula is C46H56N2O13. The van der Waals surface area contributed by atoms with Crippen LogP contribution in [0.25, 0.3) is 10.8 Å². The minimum absolute atomic E-state index is 0.0298. The van der Waals surface area contributed by atoms with Crippen molar-refractivity contribution in [3.63, 3.8) is 0 Å². The van der Waals surface area contributed by atoms with Gasteiger partial charge in [0.2, 0.25) is 0 Å². The number of rotatable bonds is 7. The van der Waals surface area contributed by atoms with Crippen molar-refractivity contribution < 1.29 is 63.7 Å². The van der Waals surface area contributed by atoms with Gasteiger partial charge in [0.25, 0.3) is 11.7 Å². The number of oxime groups is 1. The molecule has 3 aromatic carbocycles. The van der Waals surface area contributed by atoms with Crippen LogP contribution >= 0.6 is 0 Å². The smallest absolute Gasteiger partial charge is 0.312 e. The fourth-order valence-corrected chi connectivity index (χ4v) is 7.82. The first kappa shape index (κ1) is 46.2. The standard InChI is InChI=1S/C46H56N2O13/c1-23-14-13-15-24(2)45(56)48-36-31(22-47-59-21-18-30-16-11-10-12-17-30)40(53)33-34(41(36)54)39(52)28(6)43-35(33)44(55)46(8,61-43)58-20-19-32(57-9)25(3)42(60-29(7)49)27(5)38(51)26(4)37(23)50/h10-17,19-20,22-23,25-27,32,37-38,42,50-54H,18,21H2,1-9H3,(H,48,56)/b14-13-,20-19?,24-15-,47-22+/t23-,25+,26+,27+,32-,37-,38+,42+,46-/m0/s1. The molecule has 3 aliphatic rings. The molecule has 6 N–H and O–H groups in total. The molecule has 9 atom stereocenters. The summed E-state index contributed by atoms with van der Waals surface area (Å²) in [6.07, 6.45) is 5.01. The highest BCUT2D eigenvalue weighted by Crippen LogP contribution is 2.55. The maximum absolute atomic E-state index is 14.4. The monoisotopic (exact) mass is 844 g/mol. The number of hydrogen-bond donors (Lipinski definition) is 6. The van der Waals surface area contributed by atoms with Crippen molar-refractivity contribution >= 4 is 40.3 Å². The SMILES string of the molecule is CO[C@H]1C=CO[C@@]2(C)Oc3c(C)c(O)c4c(O)c(c(/C=N/OCCc5ccccc5)c(O)c4c3C2=O)NC(=O)/C(C)=C\C=C/[C@H](C)[C@H](O)[C@@H](C)[C@@H](O)[C@@H](C)[C@H](OC(C)=O)[C@@H]1C. The van der Waals surface area contributed by atoms with E-state index in [0.717, 1.165) is 11.8 Å². The van der Waals surface area contributed by atoms with Crippen LogP contribution in [0.3, 0.4) is 0 Å². The number of allylic oxidation sites excluding steroid dienone is 2. The first-order valence-corrected chi connectivity index (χ1v) is 20.1. The van der Waals surface area contributed by atoms with Crippen molar-refractivity contribution in [2.24, 2.45) is 28.8 Å². The lowest BCUT2D eigenvalue weighted by Gasteiger charge is -2.38. The van der Waals surface area contributed by atoms with E-state index in [9.17, 15) is 39.9 Å². The number of amides is 1. The second-order valence-corrected chi connectivity index (χ2v) is 15.9. The molecule has 0 saturated carbocycles. The molecule has 5 bridgehead atoms. The quantitative estimate of drug-likeness (QED) is 0.0382. The van der Waals surface area contributed by atoms with Crippen molar-refractivity contribution in [3.8, 4) is 23.0 Å². The first-order chi connectivity index (χ1) is 28.8. The number of ketones is 1. The number of benzene rings is 3. The summed E-state index contributed by atoms with van der Waals surface area (Å²) in [6, 6.07) is 9.50. The van der Waals surface area contributed by atoms with E-state index in [4.69, 9.17) is 23.8 Å². The average Bonchev–Trinajstić information content (AvgIpc) is 3.50. The van der Waals surface area contributed by atoms with E-state index in [0.29, 0.717) is 6.42 Å². The Balaban J connectivity index is 1.67. The third-order valence-corrected chi connectivity index (χ3v) is 11.6. The number of phenolic OH excluding ortho intramolecular Hbond substituents is 3. The molecule has 1 amide bonds. The minimum atomic E-state index is -2.07. The maximum atomic E-state index is 14.4. The van der Waals surface area contributed by atoms with Gasteiger partial charge in [-0.25, -0.2) is 0 Å². The number of nitrogens with one attached hydrogen (secondary N) is 1. The van der Waals surface area contributed by atoms with Gasteiger partial charge in [-0.15, -0.1) is 0 Å². The van der Waals surface area contributed by atoms with Crippen LogP contribution in [0.4, 0.5) is 5.69 Å². The van der Waals surface area contributed by atoms with E-state index >= 15 is 0 Å². The van der Waals surface area contributed by atoms with Gasteiger partial charge in [0.1, 0.15) is 30.0 Å². The van der Waals surface area contributed by atoms with Crippen molar-refractivity contribution in [2.45, 2.75) is 92.0 Å². The van der Waals surface area contributed by atoms with Crippen LogP contribution in [-0.2, 0) is 35.1 Å². The Morgan fingerprint density at radius 1 is 0.934 bits per heavy atom. The zero-order valence-corrected chi connectivity index (χ0v) is 35.8. The summed E-state index contributed by atoms with van der Waals surface area (Å²) in [6.45, 7) is 12.6. The number of ether oxygens (including phenoxy) is 4. The van der Waals surface area contributed by atoms with E-state index in [2.05, 4.69) is 10.5 Å². The number of aliphatic hydroxyl groups excluding tert-OH is 2. The van der Waals surface area contributed by atoms with Crippen LogP contribution in [0, 0.1) is 30.6 Å². The lowest BCUT2D eigenvalue weighted by molar-refractivity contribution is -0.160. The van der Waals surface area contributed by atoms with Gasteiger partial charge < -0.3 is 54.6 Å². The zero-order chi connectivity index (χ0) is 44.9. The summed E-state index contributed by atoms with van der Waals surface area (Å²) in [5, 5.41) is 64.3. The summed E-state index contributed by atoms with van der Waals surface area (Å²) < 4.78 is 23.5. The molecule has 0 spiro atoms. The number of methoxy groups -OCH3 is 1. The van der Waals surface area contributed by atoms with Gasteiger partial charge in [0, 0.05) is 67.6 Å². The Hall–Kier alpha value is -5.90. The number of hydrogen-bond acceptors (Lipinski definition) is 14. The molecule has 61 heavy (non-hydrogen) atoms. The average molecular weight is 845 g/mol. The summed E-state index contributed by atoms with van der Waals surface area (Å²) in [7, 11) is 1.43. The molecule has 0 fully saturated rings. The minimum Gasteiger partial charge on any atom is -0.507 e. The van der Waals surface area contributed by atoms with Crippen LogP contribution in [0.2, 0.25) is 0 Å². The summed E-state index contributed by atoms with van der Waals surface area (Å²) in [5.41, 5.74) is 0.345. The van der Waals surface area contributed by atoms with Crippen LogP contribution in [0.5, 0.6) is 23.0 Å². The summed E-state index contributed by atoms with van der Waals surface area (Å²) >= 11 is 0. The molecule has 3 aliphatic heterocycles. The van der Waals surface area contributed by atoms with E-state index in [1.54, 1.807) is 39.8 Å². The molecule has 15 heteroatoms. The van der Waals surface area contributed by atoms with Crippen molar-refractivity contribution in [2.75, 3.05) is 19.0 Å². The van der Waals surface area contributed by atoms with Gasteiger partial charge in [-0.2, -0.15) is 0 Å². The second kappa shape index (κ2) is 19.2. The number of phenols is 3. The Kier molecular flexibility index (Phi) is 14.5. The van der Waals surface area contributed by atoms with Gasteiger partial charge in [-0.1, -0.05) is 81.4 Å². The number of Topliss-reactive ketones (excluding diaryl/α,β-unsaturated/α-hetero) is 1. The highest BCUT2D eigenvalue weighted by Gasteiger charge is 2.50. The third kappa shape index (κ3) is 9.54. The number of nitrogens with zero attached hydrogens (tertiary/aromatic N) is 1. The molecule has 6 rings (SSSR count). The van der Waals surface area contributed by atoms with E-state index in [1.165, 1.54) is 53.2 Å². The zero-order valence-electron chi connectivity index (χ0n) is 35.8. The Morgan fingerprint density at radius 2 is 1.62 bits per heavy atom. The van der Waals surface area contributed by atoms with Crippen molar-refractivity contribution in [1.82, 2.24) is 0 Å². The summed E-state index contributed by atoms with van der Waals surface area (Å²) in [5.74, 6) is -8.70.